The fourth-order valence-electron chi connectivity index (χ4n) is 0. The zero-order valence-corrected chi connectivity index (χ0v) is 7.12. The van der Waals surface area contributed by atoms with Gasteiger partial charge in [-0.3, -0.25) is 0 Å². The molecule has 0 saturated carbocycles. The third-order valence-electron chi connectivity index (χ3n) is 0. The Morgan fingerprint density at radius 2 is 1.50 bits per heavy atom. The summed E-state index contributed by atoms with van der Waals surface area (Å²) < 4.78 is 27.9. The predicted octanol–water partition coefficient (Wildman–Crippen LogP) is -3.84. The van der Waals surface area contributed by atoms with E-state index in [9.17, 15) is 3.89 Å². The van der Waals surface area contributed by atoms with Crippen LogP contribution in [0.25, 0.3) is 0 Å². The van der Waals surface area contributed by atoms with Crippen molar-refractivity contribution in [2.24, 2.45) is 5.14 Å². The fourth-order valence-corrected chi connectivity index (χ4v) is 0. The van der Waals surface area contributed by atoms with Crippen LogP contribution in [0.3, 0.4) is 0 Å². The normalized spacial score (nSPS) is 9.67. The zero-order chi connectivity index (χ0) is 4.50. The summed E-state index contributed by atoms with van der Waals surface area (Å²) in [6.45, 7) is 0. The molecule has 0 aromatic carbocycles. The van der Waals surface area contributed by atoms with E-state index in [1.54, 1.807) is 0 Å². The first-order chi connectivity index (χ1) is 2.00. The molecule has 0 bridgehead atoms. The number of rotatable bonds is 0. The molecule has 3 nitrogen and oxygen atoms in total. The second-order valence-electron chi connectivity index (χ2n) is 0.476. The molecule has 0 rings (SSSR count). The number of nitrogens with two attached hydrogens (primary N) is 1. The molecule has 0 aromatic rings. The molecule has 0 saturated heterocycles. The molecule has 2 N–H and O–H groups in total. The number of hydrogen-bond donors (Lipinski definition) is 1. The topological polar surface area (TPSA) is 60.2 Å². The summed E-state index contributed by atoms with van der Waals surface area (Å²) in [5, 5.41) is 3.66. The molecular weight excluding hydrogens is 136 g/mol. The Labute approximate surface area is 77.9 Å². The van der Waals surface area contributed by atoms with Crippen LogP contribution in [0.15, 0.2) is 0 Å². The van der Waals surface area contributed by atoms with Gasteiger partial charge in [0.05, 0.1) is 0 Å². The monoisotopic (exact) mass is 138 g/mol. The van der Waals surface area contributed by atoms with E-state index in [0.717, 1.165) is 0 Å². The molecule has 0 aliphatic rings. The van der Waals surface area contributed by atoms with Crippen LogP contribution in [0.2, 0.25) is 0 Å². The van der Waals surface area contributed by atoms with Gasteiger partial charge in [-0.15, -0.1) is 0 Å². The van der Waals surface area contributed by atoms with Crippen LogP contribution in [0.1, 0.15) is 0 Å². The third kappa shape index (κ3) is 50.3. The first kappa shape index (κ1) is 10.5. The summed E-state index contributed by atoms with van der Waals surface area (Å²) in [6, 6.07) is 0. The summed E-state index contributed by atoms with van der Waals surface area (Å²) in [5.74, 6) is 0. The minimum atomic E-state index is -4.67. The molecule has 0 fully saturated rings. The standard InChI is InChI=1S/FH2NO2S.K/c1-5(2,3)4;/h(H2,2,3,4);/q;+1. The van der Waals surface area contributed by atoms with E-state index >= 15 is 0 Å². The molecule has 32 valence electrons. The van der Waals surface area contributed by atoms with Crippen molar-refractivity contribution in [2.75, 3.05) is 0 Å². The van der Waals surface area contributed by atoms with E-state index in [0.29, 0.717) is 0 Å². The van der Waals surface area contributed by atoms with Crippen LogP contribution in [0.4, 0.5) is 3.89 Å². The van der Waals surface area contributed by atoms with Crippen molar-refractivity contribution in [1.82, 2.24) is 0 Å². The van der Waals surface area contributed by atoms with Crippen molar-refractivity contribution in [1.29, 1.82) is 0 Å². The fraction of sp³-hybridized carbons (Fsp3) is 0. The SMILES string of the molecule is NS(=O)(=O)F.[K+]. The van der Waals surface area contributed by atoms with Gasteiger partial charge in [0.1, 0.15) is 0 Å². The minimum Gasteiger partial charge on any atom is -0.202 e. The van der Waals surface area contributed by atoms with E-state index in [1.165, 1.54) is 0 Å². The average molecular weight is 138 g/mol. The third-order valence-corrected chi connectivity index (χ3v) is 0. The summed E-state index contributed by atoms with van der Waals surface area (Å²) in [7, 11) is -4.67. The van der Waals surface area contributed by atoms with Gasteiger partial charge in [0, 0.05) is 0 Å². The largest absolute Gasteiger partial charge is 1.00 e. The average Bonchev–Trinajstić information content (AvgIpc) is 0.722. The molecule has 0 atom stereocenters. The molecule has 0 aliphatic carbocycles. The second-order valence-corrected chi connectivity index (χ2v) is 1.43. The molecule has 0 amide bonds. The number of hydrogen-bond acceptors (Lipinski definition) is 2. The quantitative estimate of drug-likeness (QED) is 0.275. The van der Waals surface area contributed by atoms with Gasteiger partial charge in [-0.1, -0.05) is 3.89 Å². The Hall–Kier alpha value is 1.48. The second kappa shape index (κ2) is 3.47. The number of halogens is 1. The molecule has 0 unspecified atom stereocenters. The van der Waals surface area contributed by atoms with Gasteiger partial charge in [0.15, 0.2) is 0 Å². The molecular formula is H2FKNO2S+. The van der Waals surface area contributed by atoms with Crippen LogP contribution >= 0.6 is 0 Å². The maximum atomic E-state index is 10.4. The van der Waals surface area contributed by atoms with Crippen molar-refractivity contribution < 1.29 is 63.7 Å². The molecule has 0 radical (unpaired) electrons. The van der Waals surface area contributed by atoms with Gasteiger partial charge in [-0.25, -0.2) is 5.14 Å². The predicted molar refractivity (Wildman–Crippen MR) is 14.2 cm³/mol. The van der Waals surface area contributed by atoms with Crippen molar-refractivity contribution in [3.8, 4) is 0 Å². The molecule has 0 heterocycles. The van der Waals surface area contributed by atoms with Crippen molar-refractivity contribution in [2.45, 2.75) is 0 Å². The van der Waals surface area contributed by atoms with Crippen LogP contribution in [0.5, 0.6) is 0 Å². The summed E-state index contributed by atoms with van der Waals surface area (Å²) in [4.78, 5) is 0. The molecule has 0 aromatic heterocycles. The smallest absolute Gasteiger partial charge is 0.202 e. The van der Waals surface area contributed by atoms with Gasteiger partial charge in [-0.05, 0) is 0 Å². The maximum Gasteiger partial charge on any atom is 1.00 e. The van der Waals surface area contributed by atoms with Crippen molar-refractivity contribution in [3.05, 3.63) is 0 Å². The van der Waals surface area contributed by atoms with Gasteiger partial charge in [-0.2, -0.15) is 8.42 Å². The van der Waals surface area contributed by atoms with Crippen LogP contribution in [0, 0.1) is 0 Å². The Bertz CT molecular complexity index is 96.7. The van der Waals surface area contributed by atoms with Gasteiger partial charge in [0.2, 0.25) is 0 Å². The van der Waals surface area contributed by atoms with Gasteiger partial charge < -0.3 is 0 Å². The van der Waals surface area contributed by atoms with Gasteiger partial charge in [0.25, 0.3) is 0 Å². The summed E-state index contributed by atoms with van der Waals surface area (Å²) >= 11 is 0. The van der Waals surface area contributed by atoms with E-state index < -0.39 is 10.4 Å². The summed E-state index contributed by atoms with van der Waals surface area (Å²) in [5.41, 5.74) is 0. The molecule has 6 heavy (non-hydrogen) atoms. The molecule has 0 aliphatic heterocycles. The minimum absolute atomic E-state index is 0. The Morgan fingerprint density at radius 3 is 1.50 bits per heavy atom. The van der Waals surface area contributed by atoms with Crippen LogP contribution in [-0.2, 0) is 10.4 Å². The van der Waals surface area contributed by atoms with Crippen molar-refractivity contribution >= 4 is 10.4 Å². The van der Waals surface area contributed by atoms with E-state index in [-0.39, 0.29) is 51.4 Å². The zero-order valence-electron chi connectivity index (χ0n) is 3.18. The molecule has 6 heteroatoms. The first-order valence-corrected chi connectivity index (χ1v) is 2.17. The van der Waals surface area contributed by atoms with Gasteiger partial charge >= 0.3 is 61.8 Å². The van der Waals surface area contributed by atoms with Crippen LogP contribution < -0.4 is 56.5 Å². The van der Waals surface area contributed by atoms with E-state index in [1.807, 2.05) is 0 Å². The Balaban J connectivity index is 0. The molecule has 0 spiro atoms. The van der Waals surface area contributed by atoms with E-state index in [2.05, 4.69) is 5.14 Å². The van der Waals surface area contributed by atoms with Crippen molar-refractivity contribution in [3.63, 3.8) is 0 Å². The van der Waals surface area contributed by atoms with E-state index in [4.69, 9.17) is 8.42 Å². The van der Waals surface area contributed by atoms with Crippen LogP contribution in [-0.4, -0.2) is 8.42 Å². The summed E-state index contributed by atoms with van der Waals surface area (Å²) in [6.07, 6.45) is 0. The maximum absolute atomic E-state index is 10.4. The Kier molecular flexibility index (Phi) is 6.06. The first-order valence-electron chi connectivity index (χ1n) is 0.723. The Morgan fingerprint density at radius 1 is 1.50 bits per heavy atom.